The molecule has 4 N–H and O–H groups in total. The number of nitrogens with one attached hydrogen (secondary N) is 3. The minimum Gasteiger partial charge on any atom is -0.475 e. The largest absolute Gasteiger partial charge is 0.490 e. The number of benzene rings is 2. The highest BCUT2D eigenvalue weighted by molar-refractivity contribution is 6.33. The van der Waals surface area contributed by atoms with Gasteiger partial charge in [0.1, 0.15) is 11.5 Å². The van der Waals surface area contributed by atoms with E-state index in [0.717, 1.165) is 35.4 Å². The topological polar surface area (TPSA) is 123 Å². The lowest BCUT2D eigenvalue weighted by atomic mass is 10.1. The maximum atomic E-state index is 12.7. The molecule has 0 bridgehead atoms. The first kappa shape index (κ1) is 26.9. The van der Waals surface area contributed by atoms with E-state index in [9.17, 15) is 18.0 Å². The van der Waals surface area contributed by atoms with Gasteiger partial charge >= 0.3 is 12.1 Å². The van der Waals surface area contributed by atoms with Crippen LogP contribution in [0.3, 0.4) is 0 Å². The van der Waals surface area contributed by atoms with E-state index >= 15 is 0 Å². The van der Waals surface area contributed by atoms with Crippen molar-refractivity contribution in [1.82, 2.24) is 25.2 Å². The number of halogens is 4. The molecule has 0 atom stereocenters. The first-order chi connectivity index (χ1) is 18.1. The van der Waals surface area contributed by atoms with E-state index in [4.69, 9.17) is 21.5 Å². The molecule has 9 nitrogen and oxygen atoms in total. The highest BCUT2D eigenvalue weighted by Crippen LogP contribution is 2.28. The van der Waals surface area contributed by atoms with Gasteiger partial charge in [0.15, 0.2) is 0 Å². The predicted octanol–water partition coefficient (Wildman–Crippen LogP) is 4.70. The predicted molar refractivity (Wildman–Crippen MR) is 137 cm³/mol. The zero-order chi connectivity index (χ0) is 27.3. The maximum absolute atomic E-state index is 12.7. The number of fused-ring (bicyclic) bond motifs is 1. The number of hydrogen-bond acceptors (Lipinski definition) is 6. The van der Waals surface area contributed by atoms with E-state index in [1.54, 1.807) is 30.6 Å². The molecule has 0 spiro atoms. The van der Waals surface area contributed by atoms with Gasteiger partial charge in [0.05, 0.1) is 28.8 Å². The third-order valence-corrected chi connectivity index (χ3v) is 5.88. The van der Waals surface area contributed by atoms with Crippen molar-refractivity contribution in [2.75, 3.05) is 31.5 Å². The van der Waals surface area contributed by atoms with Crippen molar-refractivity contribution < 1.29 is 27.9 Å². The van der Waals surface area contributed by atoms with E-state index < -0.39 is 12.1 Å². The molecular weight excluding hydrogens is 525 g/mol. The standard InChI is InChI=1S/C23H21ClN6O.C2HF3O2/c24-17-11-16(23(31)30-9-7-25-8-10-30)5-6-19(17)28-22-14-26-13-21(29-22)20-12-15-3-1-2-4-18(15)27-20;3-2(4,5)1(6)7/h1-6,11-14,25,27H,7-10H2,(H,28,29);(H,6,7). The van der Waals surface area contributed by atoms with E-state index in [1.807, 2.05) is 35.2 Å². The Morgan fingerprint density at radius 2 is 1.76 bits per heavy atom. The van der Waals surface area contributed by atoms with Crippen molar-refractivity contribution in [3.63, 3.8) is 0 Å². The second-order valence-corrected chi connectivity index (χ2v) is 8.63. The number of H-pyrrole nitrogens is 1. The van der Waals surface area contributed by atoms with Gasteiger partial charge in [0.2, 0.25) is 0 Å². The van der Waals surface area contributed by atoms with Crippen molar-refractivity contribution in [3.8, 4) is 11.4 Å². The molecule has 4 aromatic rings. The Labute approximate surface area is 219 Å². The van der Waals surface area contributed by atoms with Gasteiger partial charge < -0.3 is 25.6 Å². The summed E-state index contributed by atoms with van der Waals surface area (Å²) < 4.78 is 31.7. The minimum atomic E-state index is -5.08. The number of aliphatic carboxylic acids is 1. The van der Waals surface area contributed by atoms with Gasteiger partial charge in [0, 0.05) is 42.6 Å². The second kappa shape index (κ2) is 11.5. The van der Waals surface area contributed by atoms with Gasteiger partial charge in [-0.1, -0.05) is 29.8 Å². The number of rotatable bonds is 4. The van der Waals surface area contributed by atoms with Crippen LogP contribution in [0.15, 0.2) is 60.9 Å². The molecule has 3 heterocycles. The van der Waals surface area contributed by atoms with Crippen LogP contribution in [0.25, 0.3) is 22.3 Å². The molecule has 13 heteroatoms. The number of nitrogens with zero attached hydrogens (tertiary/aromatic N) is 3. The zero-order valence-electron chi connectivity index (χ0n) is 19.7. The Hall–Kier alpha value is -4.16. The molecule has 0 unspecified atom stereocenters. The molecule has 38 heavy (non-hydrogen) atoms. The Balaban J connectivity index is 0.000000426. The van der Waals surface area contributed by atoms with E-state index in [1.165, 1.54) is 0 Å². The molecule has 0 radical (unpaired) electrons. The summed E-state index contributed by atoms with van der Waals surface area (Å²) >= 11 is 6.47. The van der Waals surface area contributed by atoms with Crippen molar-refractivity contribution in [3.05, 3.63) is 71.5 Å². The Kier molecular flexibility index (Phi) is 8.13. The maximum Gasteiger partial charge on any atom is 0.490 e. The van der Waals surface area contributed by atoms with E-state index in [-0.39, 0.29) is 5.91 Å². The van der Waals surface area contributed by atoms with Crippen LogP contribution in [0.5, 0.6) is 0 Å². The van der Waals surface area contributed by atoms with Crippen LogP contribution in [-0.4, -0.2) is 69.2 Å². The van der Waals surface area contributed by atoms with Gasteiger partial charge in [-0.15, -0.1) is 0 Å². The fraction of sp³-hybridized carbons (Fsp3) is 0.200. The Bertz CT molecular complexity index is 1420. The first-order valence-corrected chi connectivity index (χ1v) is 11.8. The summed E-state index contributed by atoms with van der Waals surface area (Å²) in [5.74, 6) is -2.19. The quantitative estimate of drug-likeness (QED) is 0.292. The molecule has 198 valence electrons. The van der Waals surface area contributed by atoms with Gasteiger partial charge in [-0.3, -0.25) is 9.78 Å². The molecule has 0 saturated carbocycles. The number of alkyl halides is 3. The van der Waals surface area contributed by atoms with E-state index in [2.05, 4.69) is 25.6 Å². The normalized spacial score (nSPS) is 13.5. The Morgan fingerprint density at radius 3 is 2.42 bits per heavy atom. The number of carbonyl (C=O) groups excluding carboxylic acids is 1. The van der Waals surface area contributed by atoms with Crippen molar-refractivity contribution >= 4 is 45.9 Å². The molecule has 1 aliphatic heterocycles. The number of anilines is 2. The number of piperazine rings is 1. The van der Waals surface area contributed by atoms with Crippen LogP contribution < -0.4 is 10.6 Å². The van der Waals surface area contributed by atoms with Gasteiger partial charge in [-0.2, -0.15) is 13.2 Å². The van der Waals surface area contributed by atoms with Crippen LogP contribution in [0.2, 0.25) is 5.02 Å². The number of aromatic amines is 1. The molecular formula is C25H22ClF3N6O3. The summed E-state index contributed by atoms with van der Waals surface area (Å²) in [5.41, 5.74) is 3.91. The molecule has 2 aromatic heterocycles. The summed E-state index contributed by atoms with van der Waals surface area (Å²) in [6.45, 7) is 3.02. The first-order valence-electron chi connectivity index (χ1n) is 11.4. The summed E-state index contributed by atoms with van der Waals surface area (Å²) in [6.07, 6.45) is -1.73. The van der Waals surface area contributed by atoms with Crippen molar-refractivity contribution in [2.24, 2.45) is 0 Å². The lowest BCUT2D eigenvalue weighted by Crippen LogP contribution is -2.46. The smallest absolute Gasteiger partial charge is 0.475 e. The van der Waals surface area contributed by atoms with Crippen LogP contribution in [0.4, 0.5) is 24.7 Å². The van der Waals surface area contributed by atoms with Crippen LogP contribution in [0.1, 0.15) is 10.4 Å². The highest BCUT2D eigenvalue weighted by atomic mass is 35.5. The molecule has 1 aliphatic rings. The lowest BCUT2D eigenvalue weighted by molar-refractivity contribution is -0.192. The van der Waals surface area contributed by atoms with Gasteiger partial charge in [-0.25, -0.2) is 9.78 Å². The molecule has 1 fully saturated rings. The summed E-state index contributed by atoms with van der Waals surface area (Å²) in [7, 11) is 0. The lowest BCUT2D eigenvalue weighted by Gasteiger charge is -2.27. The number of para-hydroxylation sites is 1. The fourth-order valence-electron chi connectivity index (χ4n) is 3.71. The highest BCUT2D eigenvalue weighted by Gasteiger charge is 2.38. The van der Waals surface area contributed by atoms with Gasteiger partial charge in [-0.05, 0) is 30.3 Å². The molecule has 5 rings (SSSR count). The van der Waals surface area contributed by atoms with Crippen LogP contribution in [-0.2, 0) is 4.79 Å². The second-order valence-electron chi connectivity index (χ2n) is 8.22. The monoisotopic (exact) mass is 546 g/mol. The summed E-state index contributed by atoms with van der Waals surface area (Å²) in [4.78, 5) is 35.8. The molecule has 0 aliphatic carbocycles. The number of carbonyl (C=O) groups is 2. The number of hydrogen-bond donors (Lipinski definition) is 4. The average molecular weight is 547 g/mol. The van der Waals surface area contributed by atoms with E-state index in [0.29, 0.717) is 35.2 Å². The van der Waals surface area contributed by atoms with Crippen molar-refractivity contribution in [1.29, 1.82) is 0 Å². The molecule has 1 amide bonds. The van der Waals surface area contributed by atoms with Crippen LogP contribution in [0, 0.1) is 0 Å². The minimum absolute atomic E-state index is 0.00412. The van der Waals surface area contributed by atoms with Crippen molar-refractivity contribution in [2.45, 2.75) is 6.18 Å². The molecule has 2 aromatic carbocycles. The van der Waals surface area contributed by atoms with Gasteiger partial charge in [0.25, 0.3) is 5.91 Å². The Morgan fingerprint density at radius 1 is 1.05 bits per heavy atom. The third-order valence-electron chi connectivity index (χ3n) is 5.57. The zero-order valence-corrected chi connectivity index (χ0v) is 20.5. The molecule has 1 saturated heterocycles. The summed E-state index contributed by atoms with van der Waals surface area (Å²) in [5, 5.41) is 15.2. The average Bonchev–Trinajstić information content (AvgIpc) is 3.34. The number of carboxylic acids is 1. The number of carboxylic acid groups (broad SMARTS) is 1. The third kappa shape index (κ3) is 6.58. The number of amides is 1. The summed E-state index contributed by atoms with van der Waals surface area (Å²) in [6, 6.07) is 15.4. The fourth-order valence-corrected chi connectivity index (χ4v) is 3.93. The van der Waals surface area contributed by atoms with Crippen LogP contribution >= 0.6 is 11.6 Å². The SMILES string of the molecule is O=C(O)C(F)(F)F.O=C(c1ccc(Nc2cncc(-c3cc4ccccc4[nH]3)n2)c(Cl)c1)N1CCNCC1. The number of aromatic nitrogens is 3.